The molecule has 0 aliphatic heterocycles. The van der Waals surface area contributed by atoms with Crippen LogP contribution in [0, 0.1) is 0 Å². The molecule has 1 aromatic rings. The van der Waals surface area contributed by atoms with Crippen LogP contribution in [-0.2, 0) is 6.42 Å². The molecule has 1 aliphatic carbocycles. The van der Waals surface area contributed by atoms with Crippen molar-refractivity contribution in [1.29, 1.82) is 0 Å². The molecular formula is C14H22N4O. The van der Waals surface area contributed by atoms with Crippen LogP contribution >= 0.6 is 0 Å². The smallest absolute Gasteiger partial charge is 0.315 e. The lowest BCUT2D eigenvalue weighted by molar-refractivity contribution is 0.235. The van der Waals surface area contributed by atoms with E-state index in [4.69, 9.17) is 0 Å². The van der Waals surface area contributed by atoms with Crippen molar-refractivity contribution in [3.63, 3.8) is 0 Å². The highest BCUT2D eigenvalue weighted by molar-refractivity contribution is 5.74. The van der Waals surface area contributed by atoms with E-state index in [-0.39, 0.29) is 6.03 Å². The molecule has 0 aromatic carbocycles. The summed E-state index contributed by atoms with van der Waals surface area (Å²) in [5.41, 5.74) is 1.04. The molecule has 1 aliphatic rings. The lowest BCUT2D eigenvalue weighted by Gasteiger charge is -2.16. The fraction of sp³-hybridized carbons (Fsp3) is 0.643. The van der Waals surface area contributed by atoms with Gasteiger partial charge in [-0.15, -0.1) is 0 Å². The van der Waals surface area contributed by atoms with Gasteiger partial charge >= 0.3 is 6.03 Å². The summed E-state index contributed by atoms with van der Waals surface area (Å²) >= 11 is 0. The fourth-order valence-electron chi connectivity index (χ4n) is 2.44. The molecule has 0 spiro atoms. The van der Waals surface area contributed by atoms with Crippen molar-refractivity contribution in [2.45, 2.75) is 51.0 Å². The predicted molar refractivity (Wildman–Crippen MR) is 73.8 cm³/mol. The van der Waals surface area contributed by atoms with Crippen molar-refractivity contribution in [2.24, 2.45) is 0 Å². The summed E-state index contributed by atoms with van der Waals surface area (Å²) in [6, 6.07) is 0.298. The van der Waals surface area contributed by atoms with E-state index in [2.05, 4.69) is 20.6 Å². The van der Waals surface area contributed by atoms with Crippen LogP contribution in [0.4, 0.5) is 4.79 Å². The maximum absolute atomic E-state index is 11.8. The summed E-state index contributed by atoms with van der Waals surface area (Å²) in [5.74, 6) is 0. The van der Waals surface area contributed by atoms with Crippen LogP contribution in [-0.4, -0.2) is 28.6 Å². The summed E-state index contributed by atoms with van der Waals surface area (Å²) in [6.45, 7) is 0.617. The summed E-state index contributed by atoms with van der Waals surface area (Å²) in [7, 11) is 0. The van der Waals surface area contributed by atoms with Crippen LogP contribution in [0.15, 0.2) is 18.7 Å². The van der Waals surface area contributed by atoms with Crippen LogP contribution in [0.1, 0.15) is 44.1 Å². The maximum atomic E-state index is 11.8. The fourth-order valence-corrected chi connectivity index (χ4v) is 2.44. The average Bonchev–Trinajstić information content (AvgIpc) is 2.68. The lowest BCUT2D eigenvalue weighted by Crippen LogP contribution is -2.42. The first-order valence-electron chi connectivity index (χ1n) is 7.13. The van der Waals surface area contributed by atoms with Gasteiger partial charge in [-0.25, -0.2) is 14.8 Å². The summed E-state index contributed by atoms with van der Waals surface area (Å²) in [4.78, 5) is 19.7. The first kappa shape index (κ1) is 13.8. The standard InChI is InChI=1S/C14H22N4O/c19-14(18-13-5-3-1-2-4-6-13)17-8-7-12-9-15-11-16-10-12/h9-11,13H,1-8H2,(H2,17,18,19). The van der Waals surface area contributed by atoms with Crippen LogP contribution in [0.2, 0.25) is 0 Å². The highest BCUT2D eigenvalue weighted by atomic mass is 16.2. The average molecular weight is 262 g/mol. The molecule has 5 heteroatoms. The number of hydrogen-bond donors (Lipinski definition) is 2. The van der Waals surface area contributed by atoms with E-state index in [1.165, 1.54) is 32.0 Å². The van der Waals surface area contributed by atoms with Gasteiger partial charge in [-0.2, -0.15) is 0 Å². The lowest BCUT2D eigenvalue weighted by atomic mass is 10.1. The molecule has 1 fully saturated rings. The second-order valence-corrected chi connectivity index (χ2v) is 5.09. The number of nitrogens with zero attached hydrogens (tertiary/aromatic N) is 2. The highest BCUT2D eigenvalue weighted by Crippen LogP contribution is 2.16. The molecule has 0 saturated heterocycles. The zero-order valence-electron chi connectivity index (χ0n) is 11.3. The van der Waals surface area contributed by atoms with Crippen LogP contribution < -0.4 is 10.6 Å². The molecule has 0 bridgehead atoms. The van der Waals surface area contributed by atoms with Gasteiger partial charge in [0.15, 0.2) is 0 Å². The van der Waals surface area contributed by atoms with Gasteiger partial charge in [0.25, 0.3) is 0 Å². The Kier molecular flexibility index (Phi) is 5.59. The second-order valence-electron chi connectivity index (χ2n) is 5.09. The summed E-state index contributed by atoms with van der Waals surface area (Å²) in [5, 5.41) is 5.96. The molecule has 104 valence electrons. The highest BCUT2D eigenvalue weighted by Gasteiger charge is 2.13. The summed E-state index contributed by atoms with van der Waals surface area (Å²) < 4.78 is 0. The quantitative estimate of drug-likeness (QED) is 0.816. The van der Waals surface area contributed by atoms with E-state index in [0.717, 1.165) is 24.8 Å². The third-order valence-corrected chi connectivity index (χ3v) is 3.50. The molecule has 0 unspecified atom stereocenters. The van der Waals surface area contributed by atoms with E-state index >= 15 is 0 Å². The van der Waals surface area contributed by atoms with Gasteiger partial charge in [-0.3, -0.25) is 0 Å². The van der Waals surface area contributed by atoms with Gasteiger partial charge in [-0.1, -0.05) is 25.7 Å². The van der Waals surface area contributed by atoms with E-state index in [1.807, 2.05) is 0 Å². The zero-order chi connectivity index (χ0) is 13.3. The minimum absolute atomic E-state index is 0.0521. The Labute approximate surface area is 114 Å². The number of carbonyl (C=O) groups is 1. The molecule has 2 N–H and O–H groups in total. The van der Waals surface area contributed by atoms with Crippen LogP contribution in [0.3, 0.4) is 0 Å². The number of amides is 2. The van der Waals surface area contributed by atoms with Crippen molar-refractivity contribution in [1.82, 2.24) is 20.6 Å². The Morgan fingerprint density at radius 2 is 1.84 bits per heavy atom. The van der Waals surface area contributed by atoms with Crippen LogP contribution in [0.25, 0.3) is 0 Å². The third kappa shape index (κ3) is 5.24. The number of urea groups is 1. The SMILES string of the molecule is O=C(NCCc1cncnc1)NC1CCCCCC1. The number of carbonyl (C=O) groups excluding carboxylic acids is 1. The molecule has 1 aromatic heterocycles. The maximum Gasteiger partial charge on any atom is 0.315 e. The van der Waals surface area contributed by atoms with Crippen molar-refractivity contribution in [3.8, 4) is 0 Å². The van der Waals surface area contributed by atoms with Crippen molar-refractivity contribution in [3.05, 3.63) is 24.3 Å². The molecule has 0 atom stereocenters. The van der Waals surface area contributed by atoms with Gasteiger partial charge in [0.2, 0.25) is 0 Å². The van der Waals surface area contributed by atoms with E-state index in [0.29, 0.717) is 12.6 Å². The number of rotatable bonds is 4. The van der Waals surface area contributed by atoms with Crippen molar-refractivity contribution >= 4 is 6.03 Å². The number of aromatic nitrogens is 2. The van der Waals surface area contributed by atoms with Gasteiger partial charge in [-0.05, 0) is 24.8 Å². The number of hydrogen-bond acceptors (Lipinski definition) is 3. The normalized spacial score (nSPS) is 16.6. The molecule has 0 radical (unpaired) electrons. The molecule has 1 saturated carbocycles. The monoisotopic (exact) mass is 262 g/mol. The van der Waals surface area contributed by atoms with Gasteiger partial charge in [0.1, 0.15) is 6.33 Å². The first-order chi connectivity index (χ1) is 9.34. The first-order valence-corrected chi connectivity index (χ1v) is 7.13. The van der Waals surface area contributed by atoms with E-state index in [9.17, 15) is 4.79 Å². The predicted octanol–water partition coefficient (Wildman–Crippen LogP) is 2.04. The molecule has 19 heavy (non-hydrogen) atoms. The Bertz CT molecular complexity index is 374. The molecule has 2 rings (SSSR count). The molecule has 2 amide bonds. The van der Waals surface area contributed by atoms with Crippen LogP contribution in [0.5, 0.6) is 0 Å². The van der Waals surface area contributed by atoms with E-state index in [1.54, 1.807) is 12.4 Å². The zero-order valence-corrected chi connectivity index (χ0v) is 11.3. The molecule has 5 nitrogen and oxygen atoms in total. The van der Waals surface area contributed by atoms with Crippen molar-refractivity contribution < 1.29 is 4.79 Å². The Morgan fingerprint density at radius 3 is 2.53 bits per heavy atom. The second kappa shape index (κ2) is 7.71. The molecule has 1 heterocycles. The van der Waals surface area contributed by atoms with Crippen molar-refractivity contribution in [2.75, 3.05) is 6.54 Å². The Balaban J connectivity index is 1.64. The topological polar surface area (TPSA) is 66.9 Å². The Hall–Kier alpha value is -1.65. The molecular weight excluding hydrogens is 240 g/mol. The Morgan fingerprint density at radius 1 is 1.16 bits per heavy atom. The number of nitrogens with one attached hydrogen (secondary N) is 2. The largest absolute Gasteiger partial charge is 0.338 e. The summed E-state index contributed by atoms with van der Waals surface area (Å²) in [6.07, 6.45) is 13.1. The minimum Gasteiger partial charge on any atom is -0.338 e. The van der Waals surface area contributed by atoms with Gasteiger partial charge in [0, 0.05) is 25.0 Å². The van der Waals surface area contributed by atoms with E-state index < -0.39 is 0 Å². The van der Waals surface area contributed by atoms with Gasteiger partial charge in [0.05, 0.1) is 0 Å². The minimum atomic E-state index is -0.0521. The third-order valence-electron chi connectivity index (χ3n) is 3.50. The van der Waals surface area contributed by atoms with Gasteiger partial charge < -0.3 is 10.6 Å².